The highest BCUT2D eigenvalue weighted by atomic mass is 35.5. The van der Waals surface area contributed by atoms with Crippen molar-refractivity contribution in [1.82, 2.24) is 14.6 Å². The van der Waals surface area contributed by atoms with E-state index in [0.717, 1.165) is 42.5 Å². The Morgan fingerprint density at radius 3 is 2.43 bits per heavy atom. The lowest BCUT2D eigenvalue weighted by Gasteiger charge is -2.37. The predicted octanol–water partition coefficient (Wildman–Crippen LogP) is 2.29. The maximum Gasteiger partial charge on any atom is 0.240 e. The van der Waals surface area contributed by atoms with E-state index in [9.17, 15) is 0 Å². The van der Waals surface area contributed by atoms with Gasteiger partial charge in [0.25, 0.3) is 0 Å². The van der Waals surface area contributed by atoms with E-state index in [1.807, 2.05) is 30.5 Å². The molecule has 4 rings (SSSR count). The van der Waals surface area contributed by atoms with Gasteiger partial charge in [-0.2, -0.15) is 4.98 Å². The normalized spacial score (nSPS) is 15.3. The van der Waals surface area contributed by atoms with Crippen molar-refractivity contribution in [3.63, 3.8) is 0 Å². The second-order valence-electron chi connectivity index (χ2n) is 5.61. The first-order chi connectivity index (χ1) is 11.2. The minimum atomic E-state index is 0.299. The second kappa shape index (κ2) is 5.62. The molecule has 0 unspecified atom stereocenters. The van der Waals surface area contributed by atoms with Gasteiger partial charge in [0.1, 0.15) is 0 Å². The molecule has 1 saturated heterocycles. The minimum absolute atomic E-state index is 0.299. The highest BCUT2D eigenvalue weighted by Crippen LogP contribution is 2.23. The van der Waals surface area contributed by atoms with Crippen LogP contribution in [0.25, 0.3) is 5.65 Å². The molecule has 0 bridgehead atoms. The van der Waals surface area contributed by atoms with Crippen molar-refractivity contribution in [2.75, 3.05) is 41.7 Å². The first-order valence-electron chi connectivity index (χ1n) is 7.56. The molecular formula is C16H17ClN6. The fourth-order valence-corrected chi connectivity index (χ4v) is 3.16. The summed E-state index contributed by atoms with van der Waals surface area (Å²) in [7, 11) is 0. The van der Waals surface area contributed by atoms with Gasteiger partial charge in [0.15, 0.2) is 5.65 Å². The molecule has 118 valence electrons. The molecule has 7 heteroatoms. The first kappa shape index (κ1) is 14.1. The standard InChI is InChI=1S/C16H17ClN6/c17-12-2-1-3-13(10-12)21-6-8-22(9-7-21)14-4-5-15-19-16(18)20-23(15)11-14/h1-5,10-11H,6-9H2,(H2,18,20). The molecule has 1 fully saturated rings. The summed E-state index contributed by atoms with van der Waals surface area (Å²) in [6.45, 7) is 3.81. The third-order valence-corrected chi connectivity index (χ3v) is 4.39. The van der Waals surface area contributed by atoms with Crippen LogP contribution in [0.1, 0.15) is 0 Å². The lowest BCUT2D eigenvalue weighted by Crippen LogP contribution is -2.46. The van der Waals surface area contributed by atoms with Crippen LogP contribution in [-0.4, -0.2) is 40.8 Å². The second-order valence-corrected chi connectivity index (χ2v) is 6.05. The van der Waals surface area contributed by atoms with Crippen LogP contribution < -0.4 is 15.5 Å². The van der Waals surface area contributed by atoms with Crippen LogP contribution in [0.2, 0.25) is 5.02 Å². The lowest BCUT2D eigenvalue weighted by molar-refractivity contribution is 0.652. The number of halogens is 1. The molecule has 3 aromatic rings. The molecule has 23 heavy (non-hydrogen) atoms. The van der Waals surface area contributed by atoms with Crippen LogP contribution in [0, 0.1) is 0 Å². The molecule has 1 aliphatic heterocycles. The number of rotatable bonds is 2. The van der Waals surface area contributed by atoms with Crippen LogP contribution >= 0.6 is 11.6 Å². The van der Waals surface area contributed by atoms with Crippen LogP contribution in [-0.2, 0) is 0 Å². The van der Waals surface area contributed by atoms with Gasteiger partial charge in [-0.1, -0.05) is 17.7 Å². The quantitative estimate of drug-likeness (QED) is 0.782. The Kier molecular flexibility index (Phi) is 3.46. The van der Waals surface area contributed by atoms with Gasteiger partial charge in [-0.05, 0) is 30.3 Å². The van der Waals surface area contributed by atoms with Crippen molar-refractivity contribution in [3.8, 4) is 0 Å². The van der Waals surface area contributed by atoms with Gasteiger partial charge in [0.05, 0.1) is 11.9 Å². The molecule has 0 spiro atoms. The fourth-order valence-electron chi connectivity index (χ4n) is 2.97. The number of nitrogen functional groups attached to an aromatic ring is 1. The molecular weight excluding hydrogens is 312 g/mol. The van der Waals surface area contributed by atoms with Crippen molar-refractivity contribution < 1.29 is 0 Å². The summed E-state index contributed by atoms with van der Waals surface area (Å²) in [5.41, 5.74) is 8.72. The molecule has 2 aromatic heterocycles. The number of anilines is 3. The van der Waals surface area contributed by atoms with Gasteiger partial charge < -0.3 is 15.5 Å². The van der Waals surface area contributed by atoms with E-state index in [1.54, 1.807) is 4.52 Å². The number of hydrogen-bond acceptors (Lipinski definition) is 5. The fraction of sp³-hybridized carbons (Fsp3) is 0.250. The van der Waals surface area contributed by atoms with Gasteiger partial charge in [0.2, 0.25) is 5.95 Å². The number of pyridine rings is 1. The number of piperazine rings is 1. The maximum atomic E-state index is 6.08. The Labute approximate surface area is 139 Å². The van der Waals surface area contributed by atoms with Gasteiger partial charge in [0, 0.05) is 36.9 Å². The molecule has 0 radical (unpaired) electrons. The summed E-state index contributed by atoms with van der Waals surface area (Å²) in [4.78, 5) is 8.85. The van der Waals surface area contributed by atoms with E-state index >= 15 is 0 Å². The van der Waals surface area contributed by atoms with Crippen LogP contribution in [0.3, 0.4) is 0 Å². The van der Waals surface area contributed by atoms with Crippen molar-refractivity contribution >= 4 is 34.6 Å². The predicted molar refractivity (Wildman–Crippen MR) is 93.3 cm³/mol. The number of nitrogens with zero attached hydrogens (tertiary/aromatic N) is 5. The Hall–Kier alpha value is -2.47. The Morgan fingerprint density at radius 2 is 1.70 bits per heavy atom. The van der Waals surface area contributed by atoms with Gasteiger partial charge in [-0.25, -0.2) is 4.52 Å². The summed E-state index contributed by atoms with van der Waals surface area (Å²) in [5, 5.41) is 4.95. The van der Waals surface area contributed by atoms with E-state index in [2.05, 4.69) is 32.0 Å². The minimum Gasteiger partial charge on any atom is -0.368 e. The van der Waals surface area contributed by atoms with Gasteiger partial charge >= 0.3 is 0 Å². The highest BCUT2D eigenvalue weighted by Gasteiger charge is 2.18. The monoisotopic (exact) mass is 328 g/mol. The molecule has 0 amide bonds. The Bertz CT molecular complexity index is 837. The zero-order chi connectivity index (χ0) is 15.8. The topological polar surface area (TPSA) is 62.7 Å². The SMILES string of the molecule is Nc1nc2ccc(N3CCN(c4cccc(Cl)c4)CC3)cn2n1. The van der Waals surface area contributed by atoms with E-state index in [4.69, 9.17) is 17.3 Å². The largest absolute Gasteiger partial charge is 0.368 e. The maximum absolute atomic E-state index is 6.08. The van der Waals surface area contributed by atoms with Crippen LogP contribution in [0.4, 0.5) is 17.3 Å². The molecule has 1 aromatic carbocycles. The highest BCUT2D eigenvalue weighted by molar-refractivity contribution is 6.30. The smallest absolute Gasteiger partial charge is 0.240 e. The van der Waals surface area contributed by atoms with Gasteiger partial charge in [-0.15, -0.1) is 5.10 Å². The van der Waals surface area contributed by atoms with Crippen molar-refractivity contribution in [2.45, 2.75) is 0 Å². The average Bonchev–Trinajstić information content (AvgIpc) is 2.94. The summed E-state index contributed by atoms with van der Waals surface area (Å²) in [5.74, 6) is 0.299. The van der Waals surface area contributed by atoms with Gasteiger partial charge in [-0.3, -0.25) is 0 Å². The number of benzene rings is 1. The summed E-state index contributed by atoms with van der Waals surface area (Å²) < 4.78 is 1.73. The van der Waals surface area contributed by atoms with Crippen molar-refractivity contribution in [1.29, 1.82) is 0 Å². The van der Waals surface area contributed by atoms with E-state index in [1.165, 1.54) is 5.69 Å². The summed E-state index contributed by atoms with van der Waals surface area (Å²) >= 11 is 6.08. The number of aromatic nitrogens is 3. The summed E-state index contributed by atoms with van der Waals surface area (Å²) in [6, 6.07) is 12.0. The van der Waals surface area contributed by atoms with Crippen molar-refractivity contribution in [3.05, 3.63) is 47.6 Å². The zero-order valence-electron chi connectivity index (χ0n) is 12.6. The number of nitrogens with two attached hydrogens (primary N) is 1. The molecule has 0 atom stereocenters. The summed E-state index contributed by atoms with van der Waals surface area (Å²) in [6.07, 6.45) is 1.98. The van der Waals surface area contributed by atoms with E-state index in [0.29, 0.717) is 5.95 Å². The zero-order valence-corrected chi connectivity index (χ0v) is 13.3. The van der Waals surface area contributed by atoms with E-state index < -0.39 is 0 Å². The first-order valence-corrected chi connectivity index (χ1v) is 7.94. The number of hydrogen-bond donors (Lipinski definition) is 1. The molecule has 3 heterocycles. The molecule has 2 N–H and O–H groups in total. The van der Waals surface area contributed by atoms with E-state index in [-0.39, 0.29) is 0 Å². The third-order valence-electron chi connectivity index (χ3n) is 4.15. The Balaban J connectivity index is 1.49. The van der Waals surface area contributed by atoms with Crippen LogP contribution in [0.5, 0.6) is 0 Å². The van der Waals surface area contributed by atoms with Crippen LogP contribution in [0.15, 0.2) is 42.6 Å². The molecule has 0 saturated carbocycles. The average molecular weight is 329 g/mol. The molecule has 0 aliphatic carbocycles. The van der Waals surface area contributed by atoms with Crippen molar-refractivity contribution in [2.24, 2.45) is 0 Å². The molecule has 1 aliphatic rings. The third kappa shape index (κ3) is 2.77. The lowest BCUT2D eigenvalue weighted by atomic mass is 10.2. The number of fused-ring (bicyclic) bond motifs is 1. The Morgan fingerprint density at radius 1 is 0.957 bits per heavy atom. The molecule has 6 nitrogen and oxygen atoms in total.